The highest BCUT2D eigenvalue weighted by molar-refractivity contribution is 6.37. The van der Waals surface area contributed by atoms with Gasteiger partial charge in [0, 0.05) is 5.69 Å². The molecular formula is C16H13Cl2NO4. The lowest BCUT2D eigenvalue weighted by Gasteiger charge is -2.12. The Labute approximate surface area is 143 Å². The average molecular weight is 354 g/mol. The molecule has 0 saturated heterocycles. The first kappa shape index (κ1) is 17.1. The number of hydrogen-bond acceptors (Lipinski definition) is 4. The molecule has 0 aliphatic heterocycles. The number of halogens is 2. The topological polar surface area (TPSA) is 64.6 Å². The van der Waals surface area contributed by atoms with Crippen LogP contribution in [0.2, 0.25) is 10.0 Å². The van der Waals surface area contributed by atoms with Crippen molar-refractivity contribution < 1.29 is 19.1 Å². The standard InChI is InChI=1S/C16H13Cl2NO4/c1-22-14-12(18)7-6-11(17)13(14)15(20)19-10-5-3-4-9(8-10)16(21)23-2/h3-8H,1-2H3,(H,19,20). The summed E-state index contributed by atoms with van der Waals surface area (Å²) in [5, 5.41) is 3.12. The Morgan fingerprint density at radius 1 is 1.04 bits per heavy atom. The Balaban J connectivity index is 2.33. The van der Waals surface area contributed by atoms with E-state index in [1.165, 1.54) is 32.4 Å². The van der Waals surface area contributed by atoms with Crippen molar-refractivity contribution in [3.05, 3.63) is 57.6 Å². The second-order valence-corrected chi connectivity index (χ2v) is 5.28. The molecule has 2 aromatic carbocycles. The zero-order valence-corrected chi connectivity index (χ0v) is 13.9. The molecule has 0 aromatic heterocycles. The quantitative estimate of drug-likeness (QED) is 0.842. The zero-order chi connectivity index (χ0) is 17.0. The van der Waals surface area contributed by atoms with Gasteiger partial charge in [-0.3, -0.25) is 4.79 Å². The molecule has 0 spiro atoms. The molecule has 0 saturated carbocycles. The fraction of sp³-hybridized carbons (Fsp3) is 0.125. The third-order valence-electron chi connectivity index (χ3n) is 3.03. The Morgan fingerprint density at radius 2 is 1.74 bits per heavy atom. The maximum atomic E-state index is 12.5. The summed E-state index contributed by atoms with van der Waals surface area (Å²) in [6.45, 7) is 0. The van der Waals surface area contributed by atoms with Gasteiger partial charge in [-0.25, -0.2) is 4.79 Å². The fourth-order valence-corrected chi connectivity index (χ4v) is 2.45. The van der Waals surface area contributed by atoms with E-state index in [2.05, 4.69) is 10.1 Å². The summed E-state index contributed by atoms with van der Waals surface area (Å²) in [5.41, 5.74) is 0.843. The van der Waals surface area contributed by atoms with Gasteiger partial charge in [-0.1, -0.05) is 29.3 Å². The van der Waals surface area contributed by atoms with Gasteiger partial charge in [0.2, 0.25) is 0 Å². The summed E-state index contributed by atoms with van der Waals surface area (Å²) >= 11 is 12.1. The van der Waals surface area contributed by atoms with E-state index in [1.54, 1.807) is 18.2 Å². The van der Waals surface area contributed by atoms with Crippen LogP contribution >= 0.6 is 23.2 Å². The molecule has 1 amide bonds. The van der Waals surface area contributed by atoms with E-state index < -0.39 is 11.9 Å². The van der Waals surface area contributed by atoms with Gasteiger partial charge >= 0.3 is 5.97 Å². The first-order valence-electron chi connectivity index (χ1n) is 6.49. The molecule has 5 nitrogen and oxygen atoms in total. The van der Waals surface area contributed by atoms with Crippen LogP contribution in [0.1, 0.15) is 20.7 Å². The lowest BCUT2D eigenvalue weighted by molar-refractivity contribution is 0.0600. The number of benzene rings is 2. The number of hydrogen-bond donors (Lipinski definition) is 1. The predicted molar refractivity (Wildman–Crippen MR) is 88.7 cm³/mol. The number of amides is 1. The van der Waals surface area contributed by atoms with Gasteiger partial charge < -0.3 is 14.8 Å². The van der Waals surface area contributed by atoms with Gasteiger partial charge in [-0.05, 0) is 30.3 Å². The summed E-state index contributed by atoms with van der Waals surface area (Å²) in [6.07, 6.45) is 0. The van der Waals surface area contributed by atoms with Crippen LogP contribution in [0.5, 0.6) is 5.75 Å². The highest BCUT2D eigenvalue weighted by Crippen LogP contribution is 2.34. The number of rotatable bonds is 4. The van der Waals surface area contributed by atoms with E-state index in [4.69, 9.17) is 27.9 Å². The van der Waals surface area contributed by atoms with Crippen molar-refractivity contribution in [2.45, 2.75) is 0 Å². The first-order valence-corrected chi connectivity index (χ1v) is 7.25. The molecule has 0 fully saturated rings. The molecule has 2 aromatic rings. The maximum absolute atomic E-state index is 12.5. The van der Waals surface area contributed by atoms with Crippen LogP contribution in [0.15, 0.2) is 36.4 Å². The lowest BCUT2D eigenvalue weighted by atomic mass is 10.1. The third-order valence-corrected chi connectivity index (χ3v) is 3.64. The number of ether oxygens (including phenoxy) is 2. The fourth-order valence-electron chi connectivity index (χ4n) is 1.98. The van der Waals surface area contributed by atoms with Gasteiger partial charge in [-0.2, -0.15) is 0 Å². The van der Waals surface area contributed by atoms with Crippen LogP contribution in [-0.2, 0) is 4.74 Å². The zero-order valence-electron chi connectivity index (χ0n) is 12.4. The number of esters is 1. The molecule has 0 unspecified atom stereocenters. The highest BCUT2D eigenvalue weighted by Gasteiger charge is 2.20. The lowest BCUT2D eigenvalue weighted by Crippen LogP contribution is -2.14. The number of nitrogens with one attached hydrogen (secondary N) is 1. The molecule has 0 aliphatic rings. The number of carbonyl (C=O) groups excluding carboxylic acids is 2. The Hall–Kier alpha value is -2.24. The van der Waals surface area contributed by atoms with Gasteiger partial charge in [0.15, 0.2) is 5.75 Å². The molecule has 120 valence electrons. The minimum absolute atomic E-state index is 0.116. The second-order valence-electron chi connectivity index (χ2n) is 4.46. The first-order chi connectivity index (χ1) is 11.0. The van der Waals surface area contributed by atoms with Crippen LogP contribution in [0.3, 0.4) is 0 Å². The van der Waals surface area contributed by atoms with Crippen molar-refractivity contribution in [2.75, 3.05) is 19.5 Å². The molecule has 0 bridgehead atoms. The Morgan fingerprint density at radius 3 is 2.39 bits per heavy atom. The minimum atomic E-state index is -0.503. The second kappa shape index (κ2) is 7.35. The third kappa shape index (κ3) is 3.75. The average Bonchev–Trinajstić information content (AvgIpc) is 2.55. The van der Waals surface area contributed by atoms with Gasteiger partial charge in [0.25, 0.3) is 5.91 Å². The highest BCUT2D eigenvalue weighted by atomic mass is 35.5. The molecule has 1 N–H and O–H groups in total. The summed E-state index contributed by atoms with van der Waals surface area (Å²) in [7, 11) is 2.68. The van der Waals surface area contributed by atoms with Gasteiger partial charge in [-0.15, -0.1) is 0 Å². The molecule has 0 radical (unpaired) electrons. The molecule has 2 rings (SSSR count). The summed E-state index contributed by atoms with van der Waals surface area (Å²) in [6, 6.07) is 9.38. The number of methoxy groups -OCH3 is 2. The predicted octanol–water partition coefficient (Wildman–Crippen LogP) is 4.04. The van der Waals surface area contributed by atoms with E-state index in [0.717, 1.165) is 0 Å². The van der Waals surface area contributed by atoms with Crippen molar-refractivity contribution in [1.29, 1.82) is 0 Å². The molecule has 0 heterocycles. The van der Waals surface area contributed by atoms with Crippen LogP contribution < -0.4 is 10.1 Å². The van der Waals surface area contributed by atoms with Crippen molar-refractivity contribution in [1.82, 2.24) is 0 Å². The van der Waals surface area contributed by atoms with Crippen molar-refractivity contribution in [2.24, 2.45) is 0 Å². The van der Waals surface area contributed by atoms with E-state index in [0.29, 0.717) is 11.3 Å². The SMILES string of the molecule is COC(=O)c1cccc(NC(=O)c2c(Cl)ccc(Cl)c2OC)c1. The van der Waals surface area contributed by atoms with Gasteiger partial charge in [0.05, 0.1) is 29.8 Å². The van der Waals surface area contributed by atoms with Crippen molar-refractivity contribution in [3.8, 4) is 5.75 Å². The smallest absolute Gasteiger partial charge is 0.337 e. The molecule has 23 heavy (non-hydrogen) atoms. The molecule has 7 heteroatoms. The van der Waals surface area contributed by atoms with Crippen LogP contribution in [0.4, 0.5) is 5.69 Å². The van der Waals surface area contributed by atoms with Crippen molar-refractivity contribution in [3.63, 3.8) is 0 Å². The van der Waals surface area contributed by atoms with E-state index in [-0.39, 0.29) is 21.4 Å². The van der Waals surface area contributed by atoms with E-state index in [9.17, 15) is 9.59 Å². The Kier molecular flexibility index (Phi) is 5.47. The normalized spacial score (nSPS) is 10.1. The van der Waals surface area contributed by atoms with E-state index in [1.807, 2.05) is 0 Å². The number of carbonyl (C=O) groups is 2. The monoisotopic (exact) mass is 353 g/mol. The van der Waals surface area contributed by atoms with Crippen LogP contribution in [0.25, 0.3) is 0 Å². The summed E-state index contributed by atoms with van der Waals surface area (Å²) in [4.78, 5) is 24.0. The Bertz CT molecular complexity index is 762. The number of anilines is 1. The molecular weight excluding hydrogens is 341 g/mol. The van der Waals surface area contributed by atoms with E-state index >= 15 is 0 Å². The summed E-state index contributed by atoms with van der Waals surface area (Å²) < 4.78 is 9.79. The summed E-state index contributed by atoms with van der Waals surface area (Å²) in [5.74, 6) is -0.823. The van der Waals surface area contributed by atoms with Gasteiger partial charge in [0.1, 0.15) is 5.56 Å². The van der Waals surface area contributed by atoms with Crippen LogP contribution in [-0.4, -0.2) is 26.1 Å². The maximum Gasteiger partial charge on any atom is 0.337 e. The van der Waals surface area contributed by atoms with Crippen molar-refractivity contribution >= 4 is 40.8 Å². The molecule has 0 aliphatic carbocycles. The minimum Gasteiger partial charge on any atom is -0.494 e. The molecule has 0 atom stereocenters. The van der Waals surface area contributed by atoms with Crippen LogP contribution in [0, 0.1) is 0 Å². The largest absolute Gasteiger partial charge is 0.494 e.